The smallest absolute Gasteiger partial charge is 0.330 e. The number of aliphatic carboxylic acids is 1. The van der Waals surface area contributed by atoms with E-state index in [4.69, 9.17) is 9.84 Å². The Labute approximate surface area is 104 Å². The molecule has 0 rings (SSSR count). The summed E-state index contributed by atoms with van der Waals surface area (Å²) in [5, 5.41) is 8.59. The molecule has 0 aromatic heterocycles. The predicted octanol–water partition coefficient (Wildman–Crippen LogP) is 1.62. The molecule has 0 saturated carbocycles. The molecule has 0 aromatic rings. The summed E-state index contributed by atoms with van der Waals surface area (Å²) in [5.41, 5.74) is 0.190. The van der Waals surface area contributed by atoms with Crippen LogP contribution in [0.15, 0.2) is 11.6 Å². The first-order chi connectivity index (χ1) is 7.82. The quantitative estimate of drug-likeness (QED) is 0.577. The van der Waals surface area contributed by atoms with Gasteiger partial charge in [0.05, 0.1) is 0 Å². The average Bonchev–Trinajstić information content (AvgIpc) is 2.20. The van der Waals surface area contributed by atoms with Crippen molar-refractivity contribution >= 4 is 28.8 Å². The van der Waals surface area contributed by atoms with Gasteiger partial charge < -0.3 is 9.84 Å². The lowest BCUT2D eigenvalue weighted by Gasteiger charge is -2.14. The molecule has 6 heteroatoms. The van der Waals surface area contributed by atoms with Gasteiger partial charge in [0.15, 0.2) is 5.12 Å². The summed E-state index contributed by atoms with van der Waals surface area (Å²) in [7, 11) is 0. The van der Waals surface area contributed by atoms with E-state index in [2.05, 4.69) is 0 Å². The predicted molar refractivity (Wildman–Crippen MR) is 64.7 cm³/mol. The van der Waals surface area contributed by atoms with Crippen molar-refractivity contribution in [1.29, 1.82) is 0 Å². The molecule has 5 nitrogen and oxygen atoms in total. The van der Waals surface area contributed by atoms with E-state index >= 15 is 0 Å². The van der Waals surface area contributed by atoms with Crippen molar-refractivity contribution < 1.29 is 24.2 Å². The Morgan fingerprint density at radius 3 is 2.29 bits per heavy atom. The maximum atomic E-state index is 10.8. The summed E-state index contributed by atoms with van der Waals surface area (Å²) in [6.45, 7) is 4.16. The maximum absolute atomic E-state index is 10.8. The van der Waals surface area contributed by atoms with Crippen molar-refractivity contribution in [3.63, 3.8) is 0 Å². The molecule has 0 aliphatic heterocycles. The van der Waals surface area contributed by atoms with E-state index in [9.17, 15) is 14.4 Å². The second-order valence-electron chi connectivity index (χ2n) is 3.46. The normalized spacial score (nSPS) is 13.0. The Kier molecular flexibility index (Phi) is 7.29. The van der Waals surface area contributed by atoms with E-state index in [1.807, 2.05) is 0 Å². The van der Waals surface area contributed by atoms with E-state index in [0.717, 1.165) is 11.8 Å². The van der Waals surface area contributed by atoms with Crippen LogP contribution in [0.1, 0.15) is 27.2 Å². The number of thioether (sulfide) groups is 1. The molecule has 1 N–H and O–H groups in total. The number of hydrogen-bond acceptors (Lipinski definition) is 5. The number of carboxylic acid groups (broad SMARTS) is 1. The second kappa shape index (κ2) is 7.89. The summed E-state index contributed by atoms with van der Waals surface area (Å²) in [4.78, 5) is 32.2. The highest BCUT2D eigenvalue weighted by atomic mass is 32.2. The molecule has 0 aliphatic carbocycles. The van der Waals surface area contributed by atoms with Crippen LogP contribution in [-0.4, -0.2) is 34.0 Å². The van der Waals surface area contributed by atoms with Gasteiger partial charge in [0.25, 0.3) is 0 Å². The Hall–Kier alpha value is -1.30. The van der Waals surface area contributed by atoms with Gasteiger partial charge in [-0.25, -0.2) is 4.79 Å². The van der Waals surface area contributed by atoms with Gasteiger partial charge in [-0.1, -0.05) is 17.8 Å². The third-order valence-electron chi connectivity index (χ3n) is 1.83. The summed E-state index contributed by atoms with van der Waals surface area (Å²) in [6.07, 6.45) is 1.30. The van der Waals surface area contributed by atoms with Crippen LogP contribution in [0.4, 0.5) is 0 Å². The Bertz CT molecular complexity index is 335. The lowest BCUT2D eigenvalue weighted by molar-refractivity contribution is -0.145. The molecule has 0 radical (unpaired) electrons. The first kappa shape index (κ1) is 15.7. The van der Waals surface area contributed by atoms with Crippen LogP contribution in [0.2, 0.25) is 0 Å². The molecule has 1 atom stereocenters. The standard InChI is InChI=1S/C11H16O5S/c1-7(11(14)15)4-5-10(16-8(2)12)6-17-9(3)13/h4,10H,5-6H2,1-3H3,(H,14,15). The van der Waals surface area contributed by atoms with Crippen LogP contribution in [0.3, 0.4) is 0 Å². The second-order valence-corrected chi connectivity index (χ2v) is 4.66. The molecular weight excluding hydrogens is 244 g/mol. The van der Waals surface area contributed by atoms with Gasteiger partial charge in [0.2, 0.25) is 0 Å². The fourth-order valence-electron chi connectivity index (χ4n) is 0.991. The summed E-state index contributed by atoms with van der Waals surface area (Å²) in [6, 6.07) is 0. The fourth-order valence-corrected chi connectivity index (χ4v) is 1.62. The van der Waals surface area contributed by atoms with Gasteiger partial charge in [-0.3, -0.25) is 9.59 Å². The first-order valence-corrected chi connectivity index (χ1v) is 6.02. The van der Waals surface area contributed by atoms with Crippen molar-refractivity contribution in [2.24, 2.45) is 0 Å². The number of carbonyl (C=O) groups excluding carboxylic acids is 2. The monoisotopic (exact) mass is 260 g/mol. The molecule has 0 heterocycles. The molecular formula is C11H16O5S. The Balaban J connectivity index is 4.37. The number of rotatable bonds is 6. The summed E-state index contributed by atoms with van der Waals surface area (Å²) < 4.78 is 4.98. The van der Waals surface area contributed by atoms with Crippen LogP contribution < -0.4 is 0 Å². The summed E-state index contributed by atoms with van der Waals surface area (Å²) in [5.74, 6) is -1.12. The largest absolute Gasteiger partial charge is 0.478 e. The SMILES string of the molecule is CC(=O)OC(CC=C(C)C(=O)O)CSC(C)=O. The highest BCUT2D eigenvalue weighted by Gasteiger charge is 2.13. The minimum absolute atomic E-state index is 0.0684. The van der Waals surface area contributed by atoms with Crippen LogP contribution in [0.5, 0.6) is 0 Å². The number of carboxylic acids is 1. The number of esters is 1. The lowest BCUT2D eigenvalue weighted by atomic mass is 10.2. The van der Waals surface area contributed by atoms with Gasteiger partial charge in [-0.15, -0.1) is 0 Å². The number of carbonyl (C=O) groups is 3. The molecule has 0 fully saturated rings. The van der Waals surface area contributed by atoms with E-state index in [-0.39, 0.29) is 17.1 Å². The molecule has 0 aliphatic rings. The van der Waals surface area contributed by atoms with Crippen molar-refractivity contribution in [3.05, 3.63) is 11.6 Å². The van der Waals surface area contributed by atoms with Crippen LogP contribution in [0.25, 0.3) is 0 Å². The van der Waals surface area contributed by atoms with Crippen LogP contribution >= 0.6 is 11.8 Å². The fraction of sp³-hybridized carbons (Fsp3) is 0.545. The number of hydrogen-bond donors (Lipinski definition) is 1. The highest BCUT2D eigenvalue weighted by Crippen LogP contribution is 2.12. The van der Waals surface area contributed by atoms with E-state index in [1.165, 1.54) is 26.8 Å². The Morgan fingerprint density at radius 1 is 1.29 bits per heavy atom. The lowest BCUT2D eigenvalue weighted by Crippen LogP contribution is -2.19. The van der Waals surface area contributed by atoms with Gasteiger partial charge in [0.1, 0.15) is 6.10 Å². The zero-order valence-electron chi connectivity index (χ0n) is 10.1. The first-order valence-electron chi connectivity index (χ1n) is 5.03. The molecule has 1 unspecified atom stereocenters. The van der Waals surface area contributed by atoms with Gasteiger partial charge in [-0.05, 0) is 6.92 Å². The zero-order valence-corrected chi connectivity index (χ0v) is 10.9. The van der Waals surface area contributed by atoms with Gasteiger partial charge in [-0.2, -0.15) is 0 Å². The third-order valence-corrected chi connectivity index (χ3v) is 2.77. The van der Waals surface area contributed by atoms with E-state index in [1.54, 1.807) is 0 Å². The molecule has 17 heavy (non-hydrogen) atoms. The van der Waals surface area contributed by atoms with Crippen LogP contribution in [-0.2, 0) is 19.1 Å². The molecule has 0 spiro atoms. The Morgan fingerprint density at radius 2 is 1.88 bits per heavy atom. The molecule has 0 aromatic carbocycles. The van der Waals surface area contributed by atoms with E-state index < -0.39 is 18.0 Å². The zero-order chi connectivity index (χ0) is 13.4. The molecule has 96 valence electrons. The number of ether oxygens (including phenoxy) is 1. The molecule has 0 saturated heterocycles. The van der Waals surface area contributed by atoms with Gasteiger partial charge in [0, 0.05) is 31.6 Å². The third kappa shape index (κ3) is 8.50. The highest BCUT2D eigenvalue weighted by molar-refractivity contribution is 8.13. The summed E-state index contributed by atoms with van der Waals surface area (Å²) >= 11 is 1.05. The average molecular weight is 260 g/mol. The van der Waals surface area contributed by atoms with E-state index in [0.29, 0.717) is 5.75 Å². The van der Waals surface area contributed by atoms with Crippen molar-refractivity contribution in [1.82, 2.24) is 0 Å². The molecule has 0 bridgehead atoms. The minimum atomic E-state index is -1.01. The molecule has 0 amide bonds. The van der Waals surface area contributed by atoms with Crippen LogP contribution in [0, 0.1) is 0 Å². The van der Waals surface area contributed by atoms with Crippen molar-refractivity contribution in [2.45, 2.75) is 33.3 Å². The maximum Gasteiger partial charge on any atom is 0.330 e. The topological polar surface area (TPSA) is 80.7 Å². The minimum Gasteiger partial charge on any atom is -0.478 e. The van der Waals surface area contributed by atoms with Crippen molar-refractivity contribution in [2.75, 3.05) is 5.75 Å². The van der Waals surface area contributed by atoms with Crippen molar-refractivity contribution in [3.8, 4) is 0 Å². The van der Waals surface area contributed by atoms with Gasteiger partial charge >= 0.3 is 11.9 Å².